The summed E-state index contributed by atoms with van der Waals surface area (Å²) >= 11 is 0. The highest BCUT2D eigenvalue weighted by atomic mass is 16.3. The van der Waals surface area contributed by atoms with Crippen molar-refractivity contribution < 1.29 is 4.42 Å². The monoisotopic (exact) mass is 744 g/mol. The summed E-state index contributed by atoms with van der Waals surface area (Å²) in [6.07, 6.45) is 0. The maximum absolute atomic E-state index is 6.93. The lowest BCUT2D eigenvalue weighted by Gasteiger charge is -2.41. The Morgan fingerprint density at radius 2 is 0.948 bits per heavy atom. The lowest BCUT2D eigenvalue weighted by molar-refractivity contribution is 0.630. The molecule has 0 radical (unpaired) electrons. The van der Waals surface area contributed by atoms with Crippen molar-refractivity contribution in [2.75, 3.05) is 4.90 Å². The Balaban J connectivity index is 1.17. The molecule has 5 nitrogen and oxygen atoms in total. The quantitative estimate of drug-likeness (QED) is 0.169. The van der Waals surface area contributed by atoms with Crippen LogP contribution in [0.4, 0.5) is 17.3 Å². The predicted molar refractivity (Wildman–Crippen MR) is 240 cm³/mol. The third kappa shape index (κ3) is 4.80. The molecule has 0 unspecified atom stereocenters. The SMILES string of the molecule is Cc1ccc2c(c1)c1ccccc1c1cc3c(cc21)oc1cc2c(cc13)C(C)(C)c1cc3ccccc3cc1N2c1nc(-c2ccccc2)nc(-c2ccccc2)n1. The molecular weight excluding hydrogens is 709 g/mol. The summed E-state index contributed by atoms with van der Waals surface area (Å²) in [4.78, 5) is 17.8. The van der Waals surface area contributed by atoms with E-state index in [1.165, 1.54) is 54.4 Å². The second-order valence-electron chi connectivity index (χ2n) is 16.1. The summed E-state index contributed by atoms with van der Waals surface area (Å²) in [5.41, 5.74) is 8.81. The second-order valence-corrected chi connectivity index (χ2v) is 16.1. The van der Waals surface area contributed by atoms with E-state index in [9.17, 15) is 0 Å². The summed E-state index contributed by atoms with van der Waals surface area (Å²) in [6, 6.07) is 58.3. The topological polar surface area (TPSA) is 55.1 Å². The normalized spacial score (nSPS) is 13.5. The number of benzene rings is 9. The number of rotatable bonds is 3. The van der Waals surface area contributed by atoms with Crippen LogP contribution in [0.5, 0.6) is 0 Å². The third-order valence-corrected chi connectivity index (χ3v) is 12.3. The molecule has 0 amide bonds. The minimum absolute atomic E-state index is 0.377. The maximum Gasteiger partial charge on any atom is 0.238 e. The number of aryl methyl sites for hydroxylation is 1. The van der Waals surface area contributed by atoms with Crippen LogP contribution in [0.15, 0.2) is 168 Å². The fraction of sp³-hybridized carbons (Fsp3) is 0.0755. The summed E-state index contributed by atoms with van der Waals surface area (Å²) in [5.74, 6) is 1.78. The Labute approximate surface area is 334 Å². The molecule has 0 spiro atoms. The minimum atomic E-state index is -0.377. The van der Waals surface area contributed by atoms with E-state index >= 15 is 0 Å². The van der Waals surface area contributed by atoms with Crippen molar-refractivity contribution in [1.29, 1.82) is 0 Å². The molecule has 58 heavy (non-hydrogen) atoms. The van der Waals surface area contributed by atoms with Crippen LogP contribution < -0.4 is 4.90 Å². The molecule has 1 aliphatic rings. The van der Waals surface area contributed by atoms with Crippen LogP contribution >= 0.6 is 0 Å². The number of aromatic nitrogens is 3. The molecule has 0 saturated heterocycles. The molecule has 0 bridgehead atoms. The highest BCUT2D eigenvalue weighted by molar-refractivity contribution is 6.28. The Hall–Kier alpha value is -7.37. The lowest BCUT2D eigenvalue weighted by atomic mass is 9.72. The van der Waals surface area contributed by atoms with Crippen molar-refractivity contribution in [2.45, 2.75) is 26.2 Å². The largest absolute Gasteiger partial charge is 0.456 e. The number of anilines is 3. The fourth-order valence-electron chi connectivity index (χ4n) is 9.36. The van der Waals surface area contributed by atoms with E-state index in [1.807, 2.05) is 36.4 Å². The average Bonchev–Trinajstić information content (AvgIpc) is 3.62. The summed E-state index contributed by atoms with van der Waals surface area (Å²) in [5, 5.41) is 12.0. The van der Waals surface area contributed by atoms with Crippen LogP contribution in [-0.2, 0) is 5.41 Å². The van der Waals surface area contributed by atoms with Crippen LogP contribution in [0.2, 0.25) is 0 Å². The van der Waals surface area contributed by atoms with Gasteiger partial charge in [0.25, 0.3) is 0 Å². The van der Waals surface area contributed by atoms with Gasteiger partial charge >= 0.3 is 0 Å². The molecule has 0 N–H and O–H groups in total. The van der Waals surface area contributed by atoms with Crippen molar-refractivity contribution in [3.8, 4) is 22.8 Å². The van der Waals surface area contributed by atoms with Gasteiger partial charge in [-0.05, 0) is 91.5 Å². The van der Waals surface area contributed by atoms with Crippen molar-refractivity contribution in [1.82, 2.24) is 15.0 Å². The predicted octanol–water partition coefficient (Wildman–Crippen LogP) is 14.1. The van der Waals surface area contributed by atoms with Crippen LogP contribution in [0.1, 0.15) is 30.5 Å². The number of hydrogen-bond acceptors (Lipinski definition) is 5. The van der Waals surface area contributed by atoms with E-state index in [2.05, 4.69) is 153 Å². The van der Waals surface area contributed by atoms with E-state index < -0.39 is 0 Å². The Morgan fingerprint density at radius 3 is 1.64 bits per heavy atom. The Bertz CT molecular complexity index is 3440. The van der Waals surface area contributed by atoms with Gasteiger partial charge in [0.2, 0.25) is 5.95 Å². The molecule has 0 aliphatic carbocycles. The molecule has 9 aromatic carbocycles. The first kappa shape index (κ1) is 32.8. The van der Waals surface area contributed by atoms with Gasteiger partial charge in [-0.1, -0.05) is 147 Å². The van der Waals surface area contributed by atoms with Crippen molar-refractivity contribution in [3.05, 3.63) is 180 Å². The zero-order chi connectivity index (χ0) is 38.7. The van der Waals surface area contributed by atoms with E-state index in [1.54, 1.807) is 0 Å². The van der Waals surface area contributed by atoms with Gasteiger partial charge in [-0.3, -0.25) is 4.90 Å². The van der Waals surface area contributed by atoms with Gasteiger partial charge in [0.1, 0.15) is 11.2 Å². The van der Waals surface area contributed by atoms with E-state index in [4.69, 9.17) is 19.4 Å². The lowest BCUT2D eigenvalue weighted by Crippen LogP contribution is -2.31. The Kier molecular flexibility index (Phi) is 6.83. The van der Waals surface area contributed by atoms with Gasteiger partial charge in [0.05, 0.1) is 11.4 Å². The van der Waals surface area contributed by atoms with Gasteiger partial charge in [0.15, 0.2) is 11.6 Å². The molecule has 2 aromatic heterocycles. The number of furan rings is 1. The zero-order valence-electron chi connectivity index (χ0n) is 32.3. The van der Waals surface area contributed by atoms with Crippen LogP contribution in [-0.4, -0.2) is 15.0 Å². The minimum Gasteiger partial charge on any atom is -0.456 e. The van der Waals surface area contributed by atoms with Gasteiger partial charge in [-0.15, -0.1) is 0 Å². The maximum atomic E-state index is 6.93. The van der Waals surface area contributed by atoms with Gasteiger partial charge in [-0.2, -0.15) is 9.97 Å². The molecule has 12 rings (SSSR count). The highest BCUT2D eigenvalue weighted by Crippen LogP contribution is 2.54. The number of nitrogens with zero attached hydrogens (tertiary/aromatic N) is 4. The van der Waals surface area contributed by atoms with E-state index in [0.717, 1.165) is 49.8 Å². The zero-order valence-corrected chi connectivity index (χ0v) is 32.3. The highest BCUT2D eigenvalue weighted by Gasteiger charge is 2.39. The van der Waals surface area contributed by atoms with Crippen LogP contribution in [0, 0.1) is 6.92 Å². The average molecular weight is 745 g/mol. The van der Waals surface area contributed by atoms with E-state index in [-0.39, 0.29) is 5.41 Å². The first-order valence-corrected chi connectivity index (χ1v) is 19.8. The number of hydrogen-bond donors (Lipinski definition) is 0. The second kappa shape index (κ2) is 12.1. The molecule has 11 aromatic rings. The smallest absolute Gasteiger partial charge is 0.238 e. The summed E-state index contributed by atoms with van der Waals surface area (Å²) < 4.78 is 6.93. The van der Waals surface area contributed by atoms with Gasteiger partial charge in [0, 0.05) is 33.4 Å². The molecule has 274 valence electrons. The van der Waals surface area contributed by atoms with E-state index in [0.29, 0.717) is 17.6 Å². The van der Waals surface area contributed by atoms with Crippen molar-refractivity contribution in [3.63, 3.8) is 0 Å². The van der Waals surface area contributed by atoms with Crippen molar-refractivity contribution >= 4 is 82.4 Å². The third-order valence-electron chi connectivity index (χ3n) is 12.3. The standard InChI is InChI=1S/C53H36N4O/c1-31-22-23-38-39(24-31)36-20-12-13-21-37(36)40-27-42-43-28-45-47(30-49(43)58-48(42)29-41(38)40)57(46-26-35-19-11-10-18-34(35)25-44(46)53(45,2)3)52-55-50(32-14-6-4-7-15-32)54-51(56-52)33-16-8-5-9-17-33/h4-30H,1-3H3. The molecule has 0 saturated carbocycles. The van der Waals surface area contributed by atoms with Crippen LogP contribution in [0.3, 0.4) is 0 Å². The molecule has 0 atom stereocenters. The van der Waals surface area contributed by atoms with Gasteiger partial charge < -0.3 is 4.42 Å². The molecule has 5 heteroatoms. The molecule has 1 aliphatic heterocycles. The molecule has 0 fully saturated rings. The first-order chi connectivity index (χ1) is 28.4. The summed E-state index contributed by atoms with van der Waals surface area (Å²) in [6.45, 7) is 6.83. The van der Waals surface area contributed by atoms with Crippen LogP contribution in [0.25, 0.3) is 87.8 Å². The number of fused-ring (bicyclic) bond motifs is 12. The van der Waals surface area contributed by atoms with Crippen molar-refractivity contribution in [2.24, 2.45) is 0 Å². The fourth-order valence-corrected chi connectivity index (χ4v) is 9.36. The van der Waals surface area contributed by atoms with Gasteiger partial charge in [-0.25, -0.2) is 4.98 Å². The summed E-state index contributed by atoms with van der Waals surface area (Å²) in [7, 11) is 0. The molecular formula is C53H36N4O. The molecule has 3 heterocycles. The Morgan fingerprint density at radius 1 is 0.431 bits per heavy atom. The first-order valence-electron chi connectivity index (χ1n) is 19.8.